The van der Waals surface area contributed by atoms with E-state index in [9.17, 15) is 9.59 Å². The third-order valence-electron chi connectivity index (χ3n) is 5.13. The number of thiophene rings is 1. The van der Waals surface area contributed by atoms with Gasteiger partial charge in [-0.2, -0.15) is 0 Å². The second-order valence-corrected chi connectivity index (χ2v) is 7.76. The second-order valence-electron chi connectivity index (χ2n) is 6.77. The van der Waals surface area contributed by atoms with Gasteiger partial charge >= 0.3 is 5.69 Å². The van der Waals surface area contributed by atoms with Crippen molar-refractivity contribution in [2.24, 2.45) is 5.73 Å². The SMILES string of the molecule is COC1=c2c(c(=O)[nH]c(=O)n2C2CC2)=C(C)C(F)C1c1csc(CN)c1. The van der Waals surface area contributed by atoms with Crippen molar-refractivity contribution in [3.63, 3.8) is 0 Å². The molecular weight excluding hydrogens is 357 g/mol. The van der Waals surface area contributed by atoms with Crippen LogP contribution in [0.3, 0.4) is 0 Å². The lowest BCUT2D eigenvalue weighted by Gasteiger charge is -2.27. The Bertz CT molecular complexity index is 1110. The molecule has 2 aromatic heterocycles. The average molecular weight is 377 g/mol. The van der Waals surface area contributed by atoms with Crippen LogP contribution in [-0.2, 0) is 11.3 Å². The summed E-state index contributed by atoms with van der Waals surface area (Å²) in [7, 11) is 1.46. The van der Waals surface area contributed by atoms with Crippen molar-refractivity contribution in [1.29, 1.82) is 0 Å². The molecule has 2 aromatic rings. The van der Waals surface area contributed by atoms with E-state index >= 15 is 4.39 Å². The van der Waals surface area contributed by atoms with Gasteiger partial charge in [0.1, 0.15) is 11.9 Å². The van der Waals surface area contributed by atoms with Gasteiger partial charge in [0.15, 0.2) is 0 Å². The molecule has 1 saturated carbocycles. The van der Waals surface area contributed by atoms with E-state index in [4.69, 9.17) is 10.5 Å². The van der Waals surface area contributed by atoms with Crippen LogP contribution < -0.4 is 27.6 Å². The highest BCUT2D eigenvalue weighted by Crippen LogP contribution is 2.38. The predicted molar refractivity (Wildman–Crippen MR) is 98.2 cm³/mol. The zero-order valence-electron chi connectivity index (χ0n) is 14.5. The number of hydrogen-bond donors (Lipinski definition) is 2. The third kappa shape index (κ3) is 2.47. The largest absolute Gasteiger partial charge is 0.498 e. The number of aromatic nitrogens is 2. The van der Waals surface area contributed by atoms with Crippen molar-refractivity contribution in [3.8, 4) is 0 Å². The molecule has 2 unspecified atom stereocenters. The number of methoxy groups -OCH3 is 1. The Hall–Kier alpha value is -2.19. The highest BCUT2D eigenvalue weighted by atomic mass is 32.1. The molecule has 6 nitrogen and oxygen atoms in total. The zero-order valence-corrected chi connectivity index (χ0v) is 15.4. The van der Waals surface area contributed by atoms with Gasteiger partial charge in [-0.3, -0.25) is 14.3 Å². The van der Waals surface area contributed by atoms with E-state index in [1.54, 1.807) is 11.5 Å². The van der Waals surface area contributed by atoms with Crippen molar-refractivity contribution in [2.45, 2.75) is 44.4 Å². The summed E-state index contributed by atoms with van der Waals surface area (Å²) in [6.07, 6.45) is 0.297. The molecule has 0 spiro atoms. The van der Waals surface area contributed by atoms with Crippen LogP contribution in [0.15, 0.2) is 21.0 Å². The lowest BCUT2D eigenvalue weighted by Crippen LogP contribution is -2.58. The monoisotopic (exact) mass is 377 g/mol. The summed E-state index contributed by atoms with van der Waals surface area (Å²) in [6, 6.07) is 1.89. The lowest BCUT2D eigenvalue weighted by molar-refractivity contribution is 0.286. The Morgan fingerprint density at radius 1 is 1.42 bits per heavy atom. The summed E-state index contributed by atoms with van der Waals surface area (Å²) in [5, 5.41) is 2.50. The summed E-state index contributed by atoms with van der Waals surface area (Å²) >= 11 is 1.46. The number of alkyl halides is 1. The molecule has 138 valence electrons. The van der Waals surface area contributed by atoms with Crippen LogP contribution in [-0.4, -0.2) is 22.8 Å². The fourth-order valence-corrected chi connectivity index (χ4v) is 4.52. The van der Waals surface area contributed by atoms with Gasteiger partial charge in [-0.05, 0) is 42.3 Å². The number of rotatable bonds is 4. The normalized spacial score (nSPS) is 22.5. The summed E-state index contributed by atoms with van der Waals surface area (Å²) in [5.41, 5.74) is 5.73. The number of hydrogen-bond acceptors (Lipinski definition) is 5. The molecule has 0 amide bonds. The van der Waals surface area contributed by atoms with Gasteiger partial charge in [0.2, 0.25) is 0 Å². The summed E-state index contributed by atoms with van der Waals surface area (Å²) in [5.74, 6) is -0.371. The first-order chi connectivity index (χ1) is 12.5. The average Bonchev–Trinajstić information content (AvgIpc) is 3.33. The van der Waals surface area contributed by atoms with Crippen LogP contribution in [0.4, 0.5) is 4.39 Å². The van der Waals surface area contributed by atoms with Gasteiger partial charge in [0.25, 0.3) is 5.56 Å². The summed E-state index contributed by atoms with van der Waals surface area (Å²) < 4.78 is 22.5. The van der Waals surface area contributed by atoms with E-state index in [2.05, 4.69) is 4.98 Å². The van der Waals surface area contributed by atoms with Crippen LogP contribution >= 0.6 is 11.3 Å². The van der Waals surface area contributed by atoms with E-state index in [0.717, 1.165) is 23.3 Å². The van der Waals surface area contributed by atoms with Crippen molar-refractivity contribution in [2.75, 3.05) is 7.11 Å². The zero-order chi connectivity index (χ0) is 18.6. The molecule has 8 heteroatoms. The maximum absolute atomic E-state index is 15.4. The van der Waals surface area contributed by atoms with Crippen LogP contribution in [0.1, 0.15) is 42.2 Å². The minimum Gasteiger partial charge on any atom is -0.498 e. The Morgan fingerprint density at radius 2 is 2.15 bits per heavy atom. The van der Waals surface area contributed by atoms with Gasteiger partial charge in [-0.1, -0.05) is 0 Å². The minimum absolute atomic E-state index is 0.0185. The summed E-state index contributed by atoms with van der Waals surface area (Å²) in [6.45, 7) is 1.98. The van der Waals surface area contributed by atoms with Gasteiger partial charge < -0.3 is 10.5 Å². The smallest absolute Gasteiger partial charge is 0.329 e. The fraction of sp³-hybridized carbons (Fsp3) is 0.444. The molecule has 3 N–H and O–H groups in total. The fourth-order valence-electron chi connectivity index (χ4n) is 3.72. The highest BCUT2D eigenvalue weighted by molar-refractivity contribution is 7.10. The quantitative estimate of drug-likeness (QED) is 0.810. The number of aromatic amines is 1. The van der Waals surface area contributed by atoms with Crippen molar-refractivity contribution in [3.05, 3.63) is 53.3 Å². The minimum atomic E-state index is -1.41. The Kier molecular flexibility index (Phi) is 4.11. The first-order valence-corrected chi connectivity index (χ1v) is 9.41. The Labute approximate surface area is 152 Å². The number of nitrogens with zero attached hydrogens (tertiary/aromatic N) is 1. The molecule has 2 aliphatic carbocycles. The first kappa shape index (κ1) is 17.2. The molecule has 0 saturated heterocycles. The maximum atomic E-state index is 15.4. The van der Waals surface area contributed by atoms with Crippen molar-refractivity contribution in [1.82, 2.24) is 9.55 Å². The maximum Gasteiger partial charge on any atom is 0.329 e. The molecule has 0 bridgehead atoms. The van der Waals surface area contributed by atoms with Gasteiger partial charge in [0, 0.05) is 17.5 Å². The number of fused-ring (bicyclic) bond motifs is 1. The molecule has 26 heavy (non-hydrogen) atoms. The predicted octanol–water partition coefficient (Wildman–Crippen LogP) is 0.452. The third-order valence-corrected chi connectivity index (χ3v) is 6.10. The van der Waals surface area contributed by atoms with Crippen LogP contribution in [0, 0.1) is 0 Å². The first-order valence-electron chi connectivity index (χ1n) is 8.53. The van der Waals surface area contributed by atoms with Gasteiger partial charge in [0.05, 0.1) is 23.6 Å². The molecule has 0 aliphatic heterocycles. The van der Waals surface area contributed by atoms with Crippen molar-refractivity contribution >= 4 is 22.7 Å². The van der Waals surface area contributed by atoms with E-state index in [1.807, 2.05) is 11.4 Å². The second kappa shape index (κ2) is 6.21. The molecule has 2 atom stereocenters. The standard InChI is InChI=1S/C18H20FN3O3S/c1-8-12-15(22(10-3-4-10)18(24)21-17(12)23)16(25-2)13(14(8)19)9-5-11(6-20)26-7-9/h5,7,10,13-14H,3-4,6,20H2,1-2H3,(H,21,23,24). The number of nitrogens with one attached hydrogen (secondary N) is 1. The van der Waals surface area contributed by atoms with E-state index in [1.165, 1.54) is 18.4 Å². The number of H-pyrrole nitrogens is 1. The van der Waals surface area contributed by atoms with Crippen LogP contribution in [0.25, 0.3) is 11.3 Å². The Balaban J connectivity index is 2.12. The topological polar surface area (TPSA) is 90.1 Å². The van der Waals surface area contributed by atoms with Gasteiger partial charge in [-0.15, -0.1) is 11.3 Å². The number of halogens is 1. The molecule has 2 heterocycles. The Morgan fingerprint density at radius 3 is 2.73 bits per heavy atom. The van der Waals surface area contributed by atoms with Crippen LogP contribution in [0.5, 0.6) is 0 Å². The molecule has 2 aliphatic rings. The van der Waals surface area contributed by atoms with Crippen LogP contribution in [0.2, 0.25) is 0 Å². The molecule has 4 rings (SSSR count). The summed E-state index contributed by atoms with van der Waals surface area (Å²) in [4.78, 5) is 28.2. The molecule has 0 aromatic carbocycles. The number of nitrogens with two attached hydrogens (primary N) is 1. The molecular formula is C18H20FN3O3S. The van der Waals surface area contributed by atoms with E-state index < -0.39 is 23.3 Å². The van der Waals surface area contributed by atoms with E-state index in [-0.39, 0.29) is 11.3 Å². The lowest BCUT2D eigenvalue weighted by atomic mass is 9.85. The van der Waals surface area contributed by atoms with Crippen molar-refractivity contribution < 1.29 is 9.13 Å². The number of ether oxygens (including phenoxy) is 1. The van der Waals surface area contributed by atoms with E-state index in [0.29, 0.717) is 23.2 Å². The molecule has 1 fully saturated rings. The molecule has 0 radical (unpaired) electrons. The van der Waals surface area contributed by atoms with Gasteiger partial charge in [-0.25, -0.2) is 9.18 Å². The highest BCUT2D eigenvalue weighted by Gasteiger charge is 2.38.